The van der Waals surface area contributed by atoms with Gasteiger partial charge in [-0.2, -0.15) is 18.4 Å². The van der Waals surface area contributed by atoms with Gasteiger partial charge in [0, 0.05) is 23.2 Å². The van der Waals surface area contributed by atoms with E-state index in [4.69, 9.17) is 5.26 Å². The van der Waals surface area contributed by atoms with E-state index in [1.54, 1.807) is 0 Å². The Morgan fingerprint density at radius 1 is 1.32 bits per heavy atom. The lowest BCUT2D eigenvalue weighted by Gasteiger charge is -2.19. The molecule has 0 spiro atoms. The van der Waals surface area contributed by atoms with Crippen molar-refractivity contribution in [3.8, 4) is 6.07 Å². The van der Waals surface area contributed by atoms with Crippen molar-refractivity contribution in [1.82, 2.24) is 4.57 Å². The largest absolute Gasteiger partial charge is 0.431 e. The number of nitrogens with zero attached hydrogens (tertiary/aromatic N) is 2. The van der Waals surface area contributed by atoms with Crippen LogP contribution in [0.3, 0.4) is 0 Å². The zero-order valence-corrected chi connectivity index (χ0v) is 12.7. The minimum atomic E-state index is -4.61. The van der Waals surface area contributed by atoms with Crippen molar-refractivity contribution < 1.29 is 21.6 Å². The van der Waals surface area contributed by atoms with Gasteiger partial charge in [0.15, 0.2) is 0 Å². The van der Waals surface area contributed by atoms with Crippen molar-refractivity contribution >= 4 is 20.7 Å². The highest BCUT2D eigenvalue weighted by atomic mass is 32.2. The zero-order valence-electron chi connectivity index (χ0n) is 11.8. The Balaban J connectivity index is 2.71. The highest BCUT2D eigenvalue weighted by molar-refractivity contribution is 7.90. The summed E-state index contributed by atoms with van der Waals surface area (Å²) in [5.74, 6) is -0.403. The second-order valence-electron chi connectivity index (χ2n) is 5.22. The molecule has 0 N–H and O–H groups in total. The maximum Gasteiger partial charge on any atom is 0.431 e. The Hall–Kier alpha value is -2.01. The van der Waals surface area contributed by atoms with Crippen LogP contribution in [-0.4, -0.2) is 25.0 Å². The lowest BCUT2D eigenvalue weighted by atomic mass is 10.2. The Morgan fingerprint density at radius 3 is 2.45 bits per heavy atom. The summed E-state index contributed by atoms with van der Waals surface area (Å²) < 4.78 is 63.4. The molecule has 8 heteroatoms. The summed E-state index contributed by atoms with van der Waals surface area (Å²) in [6.07, 6.45) is -3.63. The SMILES string of the molecule is C[C@H](CS(C)(=O)=O)n1c(C(F)(F)F)cc2cc(C#N)ccc21. The monoisotopic (exact) mass is 330 g/mol. The minimum Gasteiger partial charge on any atom is -0.333 e. The predicted octanol–water partition coefficient (Wildman–Crippen LogP) is 3.14. The summed E-state index contributed by atoms with van der Waals surface area (Å²) in [4.78, 5) is 0. The Morgan fingerprint density at radius 2 is 1.95 bits per heavy atom. The van der Waals surface area contributed by atoms with Crippen molar-refractivity contribution in [1.29, 1.82) is 5.26 Å². The van der Waals surface area contributed by atoms with Gasteiger partial charge in [0.1, 0.15) is 15.5 Å². The van der Waals surface area contributed by atoms with Crippen molar-refractivity contribution in [2.24, 2.45) is 0 Å². The van der Waals surface area contributed by atoms with Crippen LogP contribution >= 0.6 is 0 Å². The first-order chi connectivity index (χ1) is 10.0. The number of halogens is 3. The first-order valence-corrected chi connectivity index (χ1v) is 8.39. The van der Waals surface area contributed by atoms with Crippen LogP contribution in [0.1, 0.15) is 24.2 Å². The average Bonchev–Trinajstić information content (AvgIpc) is 2.74. The van der Waals surface area contributed by atoms with Crippen LogP contribution in [0.5, 0.6) is 0 Å². The molecule has 4 nitrogen and oxygen atoms in total. The van der Waals surface area contributed by atoms with Crippen LogP contribution in [0.15, 0.2) is 24.3 Å². The fourth-order valence-electron chi connectivity index (χ4n) is 2.51. The number of aromatic nitrogens is 1. The second-order valence-corrected chi connectivity index (χ2v) is 7.41. The first-order valence-electron chi connectivity index (χ1n) is 6.33. The summed E-state index contributed by atoms with van der Waals surface area (Å²) in [7, 11) is -3.43. The number of sulfone groups is 1. The third-order valence-electron chi connectivity index (χ3n) is 3.24. The summed E-state index contributed by atoms with van der Waals surface area (Å²) >= 11 is 0. The lowest BCUT2D eigenvalue weighted by Crippen LogP contribution is -2.21. The van der Waals surface area contributed by atoms with Crippen molar-refractivity contribution in [2.75, 3.05) is 12.0 Å². The topological polar surface area (TPSA) is 62.9 Å². The molecule has 118 valence electrons. The van der Waals surface area contributed by atoms with E-state index in [0.717, 1.165) is 16.9 Å². The van der Waals surface area contributed by atoms with E-state index in [1.807, 2.05) is 6.07 Å². The molecule has 22 heavy (non-hydrogen) atoms. The highest BCUT2D eigenvalue weighted by Crippen LogP contribution is 2.36. The Bertz CT molecular complexity index is 861. The predicted molar refractivity (Wildman–Crippen MR) is 76.1 cm³/mol. The second kappa shape index (κ2) is 5.32. The normalized spacial score (nSPS) is 14.0. The molecule has 0 amide bonds. The van der Waals surface area contributed by atoms with Crippen LogP contribution in [0.2, 0.25) is 0 Å². The molecule has 0 unspecified atom stereocenters. The summed E-state index contributed by atoms with van der Waals surface area (Å²) in [5, 5.41) is 9.09. The molecule has 0 aliphatic heterocycles. The smallest absolute Gasteiger partial charge is 0.333 e. The van der Waals surface area contributed by atoms with Crippen LogP contribution in [-0.2, 0) is 16.0 Å². The van der Waals surface area contributed by atoms with Gasteiger partial charge in [-0.25, -0.2) is 8.42 Å². The van der Waals surface area contributed by atoms with E-state index in [-0.39, 0.29) is 16.5 Å². The van der Waals surface area contributed by atoms with Crippen molar-refractivity contribution in [2.45, 2.75) is 19.1 Å². The fourth-order valence-corrected chi connectivity index (χ4v) is 3.54. The Kier molecular flexibility index (Phi) is 3.96. The fraction of sp³-hybridized carbons (Fsp3) is 0.357. The van der Waals surface area contributed by atoms with E-state index < -0.39 is 33.5 Å². The van der Waals surface area contributed by atoms with Gasteiger partial charge in [-0.1, -0.05) is 0 Å². The summed E-state index contributed by atoms with van der Waals surface area (Å²) in [6, 6.07) is 6.10. The molecule has 0 fully saturated rings. The molecule has 0 radical (unpaired) electrons. The Labute approximate surface area is 125 Å². The molecule has 2 rings (SSSR count). The maximum absolute atomic E-state index is 13.2. The molecular weight excluding hydrogens is 317 g/mol. The number of alkyl halides is 3. The van der Waals surface area contributed by atoms with Crippen LogP contribution in [0, 0.1) is 11.3 Å². The van der Waals surface area contributed by atoms with E-state index in [0.29, 0.717) is 0 Å². The quantitative estimate of drug-likeness (QED) is 0.868. The number of rotatable bonds is 3. The number of hydrogen-bond acceptors (Lipinski definition) is 3. The van der Waals surface area contributed by atoms with Gasteiger partial charge in [0.25, 0.3) is 0 Å². The van der Waals surface area contributed by atoms with Gasteiger partial charge < -0.3 is 4.57 Å². The number of hydrogen-bond donors (Lipinski definition) is 0. The minimum absolute atomic E-state index is 0.245. The molecule has 2 aromatic rings. The van der Waals surface area contributed by atoms with E-state index in [9.17, 15) is 21.6 Å². The van der Waals surface area contributed by atoms with Crippen molar-refractivity contribution in [3.63, 3.8) is 0 Å². The molecule has 1 aromatic heterocycles. The molecule has 1 atom stereocenters. The van der Waals surface area contributed by atoms with Crippen molar-refractivity contribution in [3.05, 3.63) is 35.5 Å². The van der Waals surface area contributed by atoms with Crippen LogP contribution in [0.25, 0.3) is 10.9 Å². The summed E-state index contributed by atoms with van der Waals surface area (Å²) in [6.45, 7) is 1.42. The standard InChI is InChI=1S/C14H13F3N2O2S/c1-9(8-22(2,20)21)19-12-4-3-10(7-18)5-11(12)6-13(19)14(15,16)17/h3-6,9H,8H2,1-2H3/t9-/m1/s1. The zero-order chi connectivity index (χ0) is 16.7. The molecule has 0 bridgehead atoms. The molecule has 1 aromatic carbocycles. The van der Waals surface area contributed by atoms with Crippen LogP contribution in [0.4, 0.5) is 13.2 Å². The third-order valence-corrected chi connectivity index (χ3v) is 4.33. The molecule has 1 heterocycles. The molecule has 0 saturated heterocycles. The average molecular weight is 330 g/mol. The van der Waals surface area contributed by atoms with Gasteiger partial charge in [0.2, 0.25) is 0 Å². The first kappa shape index (κ1) is 16.4. The maximum atomic E-state index is 13.2. The van der Waals surface area contributed by atoms with E-state index >= 15 is 0 Å². The molecule has 0 saturated carbocycles. The van der Waals surface area contributed by atoms with Gasteiger partial charge in [0.05, 0.1) is 17.4 Å². The van der Waals surface area contributed by atoms with Gasteiger partial charge in [-0.3, -0.25) is 0 Å². The number of benzene rings is 1. The van der Waals surface area contributed by atoms with Gasteiger partial charge in [-0.05, 0) is 31.2 Å². The van der Waals surface area contributed by atoms with Gasteiger partial charge >= 0.3 is 6.18 Å². The molecule has 0 aliphatic carbocycles. The van der Waals surface area contributed by atoms with Gasteiger partial charge in [-0.15, -0.1) is 0 Å². The van der Waals surface area contributed by atoms with E-state index in [1.165, 1.54) is 25.1 Å². The van der Waals surface area contributed by atoms with Crippen LogP contribution < -0.4 is 0 Å². The molecule has 0 aliphatic rings. The third kappa shape index (κ3) is 3.25. The number of nitriles is 1. The summed E-state index contributed by atoms with van der Waals surface area (Å²) in [5.41, 5.74) is -0.426. The lowest BCUT2D eigenvalue weighted by molar-refractivity contribution is -0.143. The molecular formula is C14H13F3N2O2S. The number of fused-ring (bicyclic) bond motifs is 1. The van der Waals surface area contributed by atoms with E-state index in [2.05, 4.69) is 0 Å². The highest BCUT2D eigenvalue weighted by Gasteiger charge is 2.37.